The SMILES string of the molecule is CC(C)CCC(C)NC(=O)CN(C)CCCO. The Kier molecular flexibility index (Phi) is 9.09. The van der Waals surface area contributed by atoms with Crippen LogP contribution in [0.1, 0.15) is 40.0 Å². The molecule has 0 aromatic rings. The summed E-state index contributed by atoms with van der Waals surface area (Å²) < 4.78 is 0. The fraction of sp³-hybridized carbons (Fsp3) is 0.923. The summed E-state index contributed by atoms with van der Waals surface area (Å²) in [4.78, 5) is 13.6. The van der Waals surface area contributed by atoms with Gasteiger partial charge in [-0.25, -0.2) is 0 Å². The van der Waals surface area contributed by atoms with Gasteiger partial charge in [-0.05, 0) is 39.2 Å². The highest BCUT2D eigenvalue weighted by atomic mass is 16.3. The Labute approximate surface area is 105 Å². The minimum Gasteiger partial charge on any atom is -0.396 e. The van der Waals surface area contributed by atoms with Crippen molar-refractivity contribution < 1.29 is 9.90 Å². The number of aliphatic hydroxyl groups is 1. The van der Waals surface area contributed by atoms with Gasteiger partial charge in [-0.1, -0.05) is 13.8 Å². The molecule has 17 heavy (non-hydrogen) atoms. The first-order chi connectivity index (χ1) is 7.95. The topological polar surface area (TPSA) is 52.6 Å². The molecule has 0 fully saturated rings. The summed E-state index contributed by atoms with van der Waals surface area (Å²) in [7, 11) is 1.90. The van der Waals surface area contributed by atoms with Crippen LogP contribution >= 0.6 is 0 Å². The van der Waals surface area contributed by atoms with Crippen LogP contribution in [0.5, 0.6) is 0 Å². The van der Waals surface area contributed by atoms with E-state index in [-0.39, 0.29) is 18.6 Å². The molecular weight excluding hydrogens is 216 g/mol. The predicted octanol–water partition coefficient (Wildman–Crippen LogP) is 1.24. The van der Waals surface area contributed by atoms with Crippen LogP contribution < -0.4 is 5.32 Å². The minimum atomic E-state index is 0.0710. The molecule has 0 radical (unpaired) electrons. The first-order valence-electron chi connectivity index (χ1n) is 6.54. The number of carbonyl (C=O) groups excluding carboxylic acids is 1. The number of likely N-dealkylation sites (N-methyl/N-ethyl adjacent to an activating group) is 1. The van der Waals surface area contributed by atoms with Crippen LogP contribution in [0.25, 0.3) is 0 Å². The van der Waals surface area contributed by atoms with Crippen molar-refractivity contribution in [3.05, 3.63) is 0 Å². The van der Waals surface area contributed by atoms with Crippen molar-refractivity contribution in [1.29, 1.82) is 0 Å². The van der Waals surface area contributed by atoms with Crippen molar-refractivity contribution >= 4 is 5.91 Å². The Bertz CT molecular complexity index is 208. The van der Waals surface area contributed by atoms with Gasteiger partial charge in [0.05, 0.1) is 6.54 Å². The van der Waals surface area contributed by atoms with Crippen LogP contribution in [-0.2, 0) is 4.79 Å². The number of hydrogen-bond donors (Lipinski definition) is 2. The molecule has 2 N–H and O–H groups in total. The predicted molar refractivity (Wildman–Crippen MR) is 70.9 cm³/mol. The fourth-order valence-electron chi connectivity index (χ4n) is 1.64. The standard InChI is InChI=1S/C13H28N2O2/c1-11(2)6-7-12(3)14-13(17)10-15(4)8-5-9-16/h11-12,16H,5-10H2,1-4H3,(H,14,17). The van der Waals surface area contributed by atoms with Gasteiger partial charge in [0.1, 0.15) is 0 Å². The monoisotopic (exact) mass is 244 g/mol. The Morgan fingerprint density at radius 1 is 1.29 bits per heavy atom. The lowest BCUT2D eigenvalue weighted by atomic mass is 10.0. The highest BCUT2D eigenvalue weighted by Gasteiger charge is 2.10. The van der Waals surface area contributed by atoms with E-state index in [9.17, 15) is 4.79 Å². The zero-order valence-electron chi connectivity index (χ0n) is 11.7. The van der Waals surface area contributed by atoms with E-state index in [0.717, 1.165) is 19.4 Å². The molecule has 0 saturated heterocycles. The molecule has 1 unspecified atom stereocenters. The Hall–Kier alpha value is -0.610. The minimum absolute atomic E-state index is 0.0710. The lowest BCUT2D eigenvalue weighted by molar-refractivity contribution is -0.122. The second-order valence-electron chi connectivity index (χ2n) is 5.25. The third-order valence-corrected chi connectivity index (χ3v) is 2.70. The van der Waals surface area contributed by atoms with Crippen LogP contribution in [0.3, 0.4) is 0 Å². The summed E-state index contributed by atoms with van der Waals surface area (Å²) in [5, 5.41) is 11.7. The number of rotatable bonds is 9. The van der Waals surface area contributed by atoms with Crippen LogP contribution in [0.15, 0.2) is 0 Å². The van der Waals surface area contributed by atoms with E-state index >= 15 is 0 Å². The third-order valence-electron chi connectivity index (χ3n) is 2.70. The molecule has 102 valence electrons. The molecule has 0 aromatic heterocycles. The van der Waals surface area contributed by atoms with Crippen molar-refractivity contribution in [2.75, 3.05) is 26.7 Å². The third kappa shape index (κ3) is 10.3. The smallest absolute Gasteiger partial charge is 0.234 e. The lowest BCUT2D eigenvalue weighted by Gasteiger charge is -2.19. The summed E-state index contributed by atoms with van der Waals surface area (Å²) in [6.07, 6.45) is 2.89. The Morgan fingerprint density at radius 3 is 2.47 bits per heavy atom. The molecule has 4 nitrogen and oxygen atoms in total. The molecule has 0 bridgehead atoms. The highest BCUT2D eigenvalue weighted by Crippen LogP contribution is 2.06. The number of nitrogens with zero attached hydrogens (tertiary/aromatic N) is 1. The van der Waals surface area contributed by atoms with E-state index in [0.29, 0.717) is 18.9 Å². The summed E-state index contributed by atoms with van der Waals surface area (Å²) >= 11 is 0. The highest BCUT2D eigenvalue weighted by molar-refractivity contribution is 5.78. The number of aliphatic hydroxyl groups excluding tert-OH is 1. The first-order valence-corrected chi connectivity index (χ1v) is 6.54. The molecule has 1 atom stereocenters. The van der Waals surface area contributed by atoms with E-state index in [1.165, 1.54) is 0 Å². The Balaban J connectivity index is 3.69. The zero-order valence-corrected chi connectivity index (χ0v) is 11.7. The van der Waals surface area contributed by atoms with Gasteiger partial charge >= 0.3 is 0 Å². The van der Waals surface area contributed by atoms with Crippen molar-refractivity contribution in [1.82, 2.24) is 10.2 Å². The van der Waals surface area contributed by atoms with Gasteiger partial charge in [-0.3, -0.25) is 9.69 Å². The van der Waals surface area contributed by atoms with Crippen LogP contribution in [0.2, 0.25) is 0 Å². The van der Waals surface area contributed by atoms with Gasteiger partial charge < -0.3 is 10.4 Å². The molecule has 0 aliphatic carbocycles. The molecule has 0 saturated carbocycles. The second-order valence-corrected chi connectivity index (χ2v) is 5.25. The van der Waals surface area contributed by atoms with Gasteiger partial charge in [-0.2, -0.15) is 0 Å². The van der Waals surface area contributed by atoms with Crippen molar-refractivity contribution in [3.8, 4) is 0 Å². The van der Waals surface area contributed by atoms with E-state index in [1.54, 1.807) is 0 Å². The van der Waals surface area contributed by atoms with E-state index < -0.39 is 0 Å². The molecule has 0 aliphatic rings. The largest absolute Gasteiger partial charge is 0.396 e. The number of nitrogens with one attached hydrogen (secondary N) is 1. The average Bonchev–Trinajstić information content (AvgIpc) is 2.23. The molecule has 0 aliphatic heterocycles. The number of carbonyl (C=O) groups is 1. The lowest BCUT2D eigenvalue weighted by Crippen LogP contribution is -2.40. The number of amides is 1. The maximum absolute atomic E-state index is 11.7. The second kappa shape index (κ2) is 9.42. The maximum Gasteiger partial charge on any atom is 0.234 e. The fourth-order valence-corrected chi connectivity index (χ4v) is 1.64. The van der Waals surface area contributed by atoms with Crippen molar-refractivity contribution in [3.63, 3.8) is 0 Å². The number of hydrogen-bond acceptors (Lipinski definition) is 3. The van der Waals surface area contributed by atoms with Crippen LogP contribution in [0.4, 0.5) is 0 Å². The quantitative estimate of drug-likeness (QED) is 0.641. The average molecular weight is 244 g/mol. The van der Waals surface area contributed by atoms with Crippen LogP contribution in [-0.4, -0.2) is 48.7 Å². The normalized spacial score (nSPS) is 13.1. The van der Waals surface area contributed by atoms with Gasteiger partial charge in [0.15, 0.2) is 0 Å². The van der Waals surface area contributed by atoms with Crippen LogP contribution in [0, 0.1) is 5.92 Å². The van der Waals surface area contributed by atoms with Crippen molar-refractivity contribution in [2.45, 2.75) is 46.1 Å². The molecule has 0 aromatic carbocycles. The zero-order chi connectivity index (χ0) is 13.3. The molecule has 0 heterocycles. The molecule has 4 heteroatoms. The molecule has 0 rings (SSSR count). The van der Waals surface area contributed by atoms with E-state index in [1.807, 2.05) is 18.9 Å². The van der Waals surface area contributed by atoms with Crippen molar-refractivity contribution in [2.24, 2.45) is 5.92 Å². The summed E-state index contributed by atoms with van der Waals surface area (Å²) in [5.74, 6) is 0.753. The first kappa shape index (κ1) is 16.4. The van der Waals surface area contributed by atoms with Gasteiger partial charge in [0.25, 0.3) is 0 Å². The van der Waals surface area contributed by atoms with Gasteiger partial charge in [0.2, 0.25) is 5.91 Å². The summed E-state index contributed by atoms with van der Waals surface area (Å²) in [6, 6.07) is 0.246. The molecule has 1 amide bonds. The van der Waals surface area contributed by atoms with E-state index in [2.05, 4.69) is 19.2 Å². The molecular formula is C13H28N2O2. The van der Waals surface area contributed by atoms with Gasteiger partial charge in [-0.15, -0.1) is 0 Å². The Morgan fingerprint density at radius 2 is 1.94 bits per heavy atom. The summed E-state index contributed by atoms with van der Waals surface area (Å²) in [5.41, 5.74) is 0. The van der Waals surface area contributed by atoms with Gasteiger partial charge in [0, 0.05) is 19.2 Å². The maximum atomic E-state index is 11.7. The van der Waals surface area contributed by atoms with E-state index in [4.69, 9.17) is 5.11 Å². The molecule has 0 spiro atoms. The summed E-state index contributed by atoms with van der Waals surface area (Å²) in [6.45, 7) is 7.77.